The zero-order valence-electron chi connectivity index (χ0n) is 14.7. The number of aromatic nitrogens is 2. The number of rotatable bonds is 7. The molecule has 1 amide bonds. The van der Waals surface area contributed by atoms with Crippen molar-refractivity contribution in [3.05, 3.63) is 72.6 Å². The largest absolute Gasteiger partial charge is 0.490 e. The molecular formula is C20H19F2N3O2. The van der Waals surface area contributed by atoms with Crippen molar-refractivity contribution in [2.24, 2.45) is 0 Å². The first kappa shape index (κ1) is 18.6. The van der Waals surface area contributed by atoms with Crippen LogP contribution in [0.5, 0.6) is 5.75 Å². The number of para-hydroxylation sites is 2. The Morgan fingerprint density at radius 3 is 2.63 bits per heavy atom. The maximum Gasteiger partial charge on any atom is 0.320 e. The third-order valence-electron chi connectivity index (χ3n) is 4.04. The lowest BCUT2D eigenvalue weighted by Gasteiger charge is -2.16. The van der Waals surface area contributed by atoms with E-state index in [-0.39, 0.29) is 11.7 Å². The summed E-state index contributed by atoms with van der Waals surface area (Å²) in [5.41, 5.74) is 1.18. The van der Waals surface area contributed by atoms with Gasteiger partial charge in [0.05, 0.1) is 17.1 Å². The summed E-state index contributed by atoms with van der Waals surface area (Å²) in [5, 5.41) is 2.72. The van der Waals surface area contributed by atoms with E-state index >= 15 is 0 Å². The first-order valence-electron chi connectivity index (χ1n) is 8.41. The van der Waals surface area contributed by atoms with Crippen molar-refractivity contribution in [1.82, 2.24) is 14.9 Å². The number of amides is 1. The summed E-state index contributed by atoms with van der Waals surface area (Å²) in [6.07, 6.45) is 1.62. The van der Waals surface area contributed by atoms with Crippen LogP contribution in [0.3, 0.4) is 0 Å². The van der Waals surface area contributed by atoms with E-state index in [1.54, 1.807) is 61.5 Å². The molecule has 0 radical (unpaired) electrons. The van der Waals surface area contributed by atoms with Gasteiger partial charge in [-0.15, -0.1) is 0 Å². The van der Waals surface area contributed by atoms with Gasteiger partial charge < -0.3 is 10.1 Å². The first-order valence-corrected chi connectivity index (χ1v) is 8.41. The standard InChI is InChI=1S/C20H19F2N3O2/c1-3-12-27-15-10-8-14(9-11-15)19(26)23-13(2)18-24-16-6-4-5-7-17(16)25(18)20(21)22/h3-11,13,20H,1,12H2,2H3,(H,23,26)/t13-/m0/s1. The lowest BCUT2D eigenvalue weighted by atomic mass is 10.2. The molecule has 7 heteroatoms. The number of fused-ring (bicyclic) bond motifs is 1. The summed E-state index contributed by atoms with van der Waals surface area (Å²) < 4.78 is 33.3. The van der Waals surface area contributed by atoms with Gasteiger partial charge in [0.25, 0.3) is 5.91 Å². The highest BCUT2D eigenvalue weighted by Gasteiger charge is 2.23. The first-order chi connectivity index (χ1) is 13.0. The number of benzene rings is 2. The minimum Gasteiger partial charge on any atom is -0.490 e. The average Bonchev–Trinajstić information content (AvgIpc) is 3.06. The Kier molecular flexibility index (Phi) is 5.49. The van der Waals surface area contributed by atoms with Gasteiger partial charge in [-0.25, -0.2) is 4.98 Å². The highest BCUT2D eigenvalue weighted by atomic mass is 19.3. The second kappa shape index (κ2) is 7.99. The third kappa shape index (κ3) is 3.97. The van der Waals surface area contributed by atoms with Crippen molar-refractivity contribution < 1.29 is 18.3 Å². The third-order valence-corrected chi connectivity index (χ3v) is 4.04. The van der Waals surface area contributed by atoms with Gasteiger partial charge >= 0.3 is 6.55 Å². The molecule has 0 unspecified atom stereocenters. The van der Waals surface area contributed by atoms with Crippen molar-refractivity contribution in [2.75, 3.05) is 6.61 Å². The summed E-state index contributed by atoms with van der Waals surface area (Å²) in [6, 6.07) is 12.5. The molecular weight excluding hydrogens is 352 g/mol. The van der Waals surface area contributed by atoms with E-state index in [1.807, 2.05) is 0 Å². The van der Waals surface area contributed by atoms with E-state index in [9.17, 15) is 13.6 Å². The molecule has 1 aromatic heterocycles. The SMILES string of the molecule is C=CCOc1ccc(C(=O)N[C@@H](C)c2nc3ccccc3n2C(F)F)cc1. The Morgan fingerprint density at radius 2 is 1.96 bits per heavy atom. The number of imidazole rings is 1. The van der Waals surface area contributed by atoms with Crippen molar-refractivity contribution in [3.8, 4) is 5.75 Å². The van der Waals surface area contributed by atoms with Crippen LogP contribution >= 0.6 is 0 Å². The number of hydrogen-bond donors (Lipinski definition) is 1. The van der Waals surface area contributed by atoms with Crippen LogP contribution in [-0.2, 0) is 0 Å². The van der Waals surface area contributed by atoms with Crippen molar-refractivity contribution in [1.29, 1.82) is 0 Å². The summed E-state index contributed by atoms with van der Waals surface area (Å²) in [7, 11) is 0. The van der Waals surface area contributed by atoms with E-state index in [4.69, 9.17) is 4.74 Å². The highest BCUT2D eigenvalue weighted by Crippen LogP contribution is 2.26. The zero-order valence-corrected chi connectivity index (χ0v) is 14.7. The maximum absolute atomic E-state index is 13.5. The van der Waals surface area contributed by atoms with E-state index in [0.29, 0.717) is 29.0 Å². The number of nitrogens with zero attached hydrogens (tertiary/aromatic N) is 2. The fourth-order valence-corrected chi connectivity index (χ4v) is 2.78. The molecule has 0 aliphatic carbocycles. The number of hydrogen-bond acceptors (Lipinski definition) is 3. The molecule has 140 valence electrons. The summed E-state index contributed by atoms with van der Waals surface area (Å²) in [4.78, 5) is 16.7. The topological polar surface area (TPSA) is 56.1 Å². The normalized spacial score (nSPS) is 12.1. The van der Waals surface area contributed by atoms with Crippen LogP contribution in [0, 0.1) is 0 Å². The van der Waals surface area contributed by atoms with Crippen LogP contribution < -0.4 is 10.1 Å². The Morgan fingerprint density at radius 1 is 1.26 bits per heavy atom. The van der Waals surface area contributed by atoms with Gasteiger partial charge in [-0.1, -0.05) is 24.8 Å². The van der Waals surface area contributed by atoms with Crippen LogP contribution in [0.15, 0.2) is 61.2 Å². The smallest absolute Gasteiger partial charge is 0.320 e. The van der Waals surface area contributed by atoms with Gasteiger partial charge in [0.1, 0.15) is 18.2 Å². The van der Waals surface area contributed by atoms with Gasteiger partial charge in [-0.2, -0.15) is 8.78 Å². The van der Waals surface area contributed by atoms with E-state index in [1.165, 1.54) is 0 Å². The molecule has 0 saturated carbocycles. The second-order valence-electron chi connectivity index (χ2n) is 5.93. The number of halogens is 2. The van der Waals surface area contributed by atoms with E-state index in [0.717, 1.165) is 4.57 Å². The molecule has 2 aromatic carbocycles. The van der Waals surface area contributed by atoms with Crippen LogP contribution in [-0.4, -0.2) is 22.1 Å². The van der Waals surface area contributed by atoms with Gasteiger partial charge in [-0.05, 0) is 43.3 Å². The van der Waals surface area contributed by atoms with E-state index < -0.39 is 12.6 Å². The minimum atomic E-state index is -2.76. The van der Waals surface area contributed by atoms with Crippen molar-refractivity contribution in [3.63, 3.8) is 0 Å². The molecule has 0 aliphatic rings. The molecule has 0 spiro atoms. The lowest BCUT2D eigenvalue weighted by molar-refractivity contribution is 0.0688. The highest BCUT2D eigenvalue weighted by molar-refractivity contribution is 5.94. The van der Waals surface area contributed by atoms with Crippen molar-refractivity contribution >= 4 is 16.9 Å². The monoisotopic (exact) mass is 371 g/mol. The van der Waals surface area contributed by atoms with Crippen molar-refractivity contribution in [2.45, 2.75) is 19.5 Å². The molecule has 0 aliphatic heterocycles. The van der Waals surface area contributed by atoms with Crippen LogP contribution in [0.4, 0.5) is 8.78 Å². The fourth-order valence-electron chi connectivity index (χ4n) is 2.78. The van der Waals surface area contributed by atoms with Crippen LogP contribution in [0.2, 0.25) is 0 Å². The number of ether oxygens (including phenoxy) is 1. The van der Waals surface area contributed by atoms with Crippen LogP contribution in [0.25, 0.3) is 11.0 Å². The molecule has 1 heterocycles. The summed E-state index contributed by atoms with van der Waals surface area (Å²) >= 11 is 0. The predicted octanol–water partition coefficient (Wildman–Crippen LogP) is 4.49. The molecule has 5 nitrogen and oxygen atoms in total. The molecule has 0 saturated heterocycles. The Balaban J connectivity index is 1.79. The van der Waals surface area contributed by atoms with E-state index in [2.05, 4.69) is 16.9 Å². The number of nitrogens with one attached hydrogen (secondary N) is 1. The second-order valence-corrected chi connectivity index (χ2v) is 5.93. The number of carbonyl (C=O) groups excluding carboxylic acids is 1. The minimum absolute atomic E-state index is 0.102. The molecule has 27 heavy (non-hydrogen) atoms. The zero-order chi connectivity index (χ0) is 19.4. The lowest BCUT2D eigenvalue weighted by Crippen LogP contribution is -2.28. The van der Waals surface area contributed by atoms with Crippen LogP contribution in [0.1, 0.15) is 35.7 Å². The number of carbonyl (C=O) groups is 1. The Labute approximate surface area is 155 Å². The Bertz CT molecular complexity index is 952. The Hall–Kier alpha value is -3.22. The fraction of sp³-hybridized carbons (Fsp3) is 0.200. The van der Waals surface area contributed by atoms with Gasteiger partial charge in [0.2, 0.25) is 0 Å². The quantitative estimate of drug-likeness (QED) is 0.623. The summed E-state index contributed by atoms with van der Waals surface area (Å²) in [5.74, 6) is 0.329. The van der Waals surface area contributed by atoms with Gasteiger partial charge in [-0.3, -0.25) is 9.36 Å². The molecule has 1 atom stereocenters. The maximum atomic E-state index is 13.5. The predicted molar refractivity (Wildman–Crippen MR) is 99.0 cm³/mol. The molecule has 0 bridgehead atoms. The number of alkyl halides is 2. The molecule has 3 aromatic rings. The van der Waals surface area contributed by atoms with Gasteiger partial charge in [0.15, 0.2) is 0 Å². The molecule has 0 fully saturated rings. The molecule has 1 N–H and O–H groups in total. The average molecular weight is 371 g/mol. The summed E-state index contributed by atoms with van der Waals surface area (Å²) in [6.45, 7) is 2.80. The van der Waals surface area contributed by atoms with Gasteiger partial charge in [0, 0.05) is 5.56 Å². The molecule has 3 rings (SSSR count).